The Kier molecular flexibility index (Phi) is 5.10. The van der Waals surface area contributed by atoms with E-state index < -0.39 is 0 Å². The van der Waals surface area contributed by atoms with E-state index in [1.165, 1.54) is 0 Å². The van der Waals surface area contributed by atoms with Gasteiger partial charge in [0.15, 0.2) is 0 Å². The molecule has 1 aromatic heterocycles. The second kappa shape index (κ2) is 7.24. The quantitative estimate of drug-likeness (QED) is 0.829. The first-order valence-corrected chi connectivity index (χ1v) is 6.69. The standard InChI is InChI=1S/C17H18N2O2/c1-13(2)12-21-16-7-5-15(6-8-16)17(20)19-11-14-4-3-9-18-10-14/h3-10H,1,11-12H2,2H3,(H,19,20). The molecule has 2 aromatic rings. The van der Waals surface area contributed by atoms with E-state index in [1.54, 1.807) is 36.7 Å². The summed E-state index contributed by atoms with van der Waals surface area (Å²) in [6, 6.07) is 10.8. The monoisotopic (exact) mass is 282 g/mol. The first-order valence-electron chi connectivity index (χ1n) is 6.69. The molecule has 4 nitrogen and oxygen atoms in total. The van der Waals surface area contributed by atoms with Gasteiger partial charge in [-0.15, -0.1) is 0 Å². The van der Waals surface area contributed by atoms with Crippen LogP contribution in [0.25, 0.3) is 0 Å². The SMILES string of the molecule is C=C(C)COc1ccc(C(=O)NCc2cccnc2)cc1. The summed E-state index contributed by atoms with van der Waals surface area (Å²) < 4.78 is 5.49. The summed E-state index contributed by atoms with van der Waals surface area (Å²) >= 11 is 0. The molecule has 21 heavy (non-hydrogen) atoms. The molecule has 1 amide bonds. The van der Waals surface area contributed by atoms with E-state index in [0.717, 1.165) is 16.9 Å². The Bertz CT molecular complexity index is 606. The molecule has 1 heterocycles. The van der Waals surface area contributed by atoms with Gasteiger partial charge in [-0.3, -0.25) is 9.78 Å². The minimum absolute atomic E-state index is 0.120. The van der Waals surface area contributed by atoms with Crippen molar-refractivity contribution in [3.63, 3.8) is 0 Å². The van der Waals surface area contributed by atoms with Gasteiger partial charge in [0, 0.05) is 24.5 Å². The van der Waals surface area contributed by atoms with E-state index >= 15 is 0 Å². The van der Waals surface area contributed by atoms with Crippen LogP contribution in [0.4, 0.5) is 0 Å². The summed E-state index contributed by atoms with van der Waals surface area (Å²) in [4.78, 5) is 16.0. The number of nitrogens with zero attached hydrogens (tertiary/aromatic N) is 1. The molecule has 0 bridgehead atoms. The van der Waals surface area contributed by atoms with Crippen LogP contribution in [0.3, 0.4) is 0 Å². The Labute approximate surface area is 124 Å². The number of hydrogen-bond donors (Lipinski definition) is 1. The summed E-state index contributed by atoms with van der Waals surface area (Å²) in [6.45, 7) is 6.62. The van der Waals surface area contributed by atoms with Crippen molar-refractivity contribution < 1.29 is 9.53 Å². The first kappa shape index (κ1) is 14.8. The van der Waals surface area contributed by atoms with E-state index in [1.807, 2.05) is 19.1 Å². The normalized spacial score (nSPS) is 9.95. The highest BCUT2D eigenvalue weighted by Gasteiger charge is 2.05. The number of carbonyl (C=O) groups is 1. The third kappa shape index (κ3) is 4.76. The van der Waals surface area contributed by atoms with E-state index in [-0.39, 0.29) is 5.91 Å². The van der Waals surface area contributed by atoms with Crippen molar-refractivity contribution in [2.75, 3.05) is 6.61 Å². The molecular weight excluding hydrogens is 264 g/mol. The lowest BCUT2D eigenvalue weighted by Crippen LogP contribution is -2.22. The Balaban J connectivity index is 1.89. The molecule has 4 heteroatoms. The highest BCUT2D eigenvalue weighted by atomic mass is 16.5. The molecule has 0 aliphatic heterocycles. The molecule has 0 radical (unpaired) electrons. The molecule has 0 spiro atoms. The van der Waals surface area contributed by atoms with E-state index in [9.17, 15) is 4.79 Å². The van der Waals surface area contributed by atoms with Crippen molar-refractivity contribution in [1.82, 2.24) is 10.3 Å². The average molecular weight is 282 g/mol. The van der Waals surface area contributed by atoms with Gasteiger partial charge in [0.05, 0.1) is 0 Å². The van der Waals surface area contributed by atoms with Crippen molar-refractivity contribution in [3.8, 4) is 5.75 Å². The maximum absolute atomic E-state index is 12.0. The van der Waals surface area contributed by atoms with Gasteiger partial charge in [0.2, 0.25) is 0 Å². The zero-order valence-corrected chi connectivity index (χ0v) is 12.0. The van der Waals surface area contributed by atoms with Crippen molar-refractivity contribution in [2.45, 2.75) is 13.5 Å². The average Bonchev–Trinajstić information content (AvgIpc) is 2.52. The van der Waals surface area contributed by atoms with E-state index in [0.29, 0.717) is 18.7 Å². The first-order chi connectivity index (χ1) is 10.1. The molecule has 0 aliphatic carbocycles. The number of aromatic nitrogens is 1. The van der Waals surface area contributed by atoms with Crippen molar-refractivity contribution in [2.24, 2.45) is 0 Å². The Morgan fingerprint density at radius 3 is 2.67 bits per heavy atom. The molecule has 108 valence electrons. The third-order valence-electron chi connectivity index (χ3n) is 2.78. The number of hydrogen-bond acceptors (Lipinski definition) is 3. The molecule has 0 unspecified atom stereocenters. The fourth-order valence-corrected chi connectivity index (χ4v) is 1.70. The second-order valence-corrected chi connectivity index (χ2v) is 4.81. The molecular formula is C17H18N2O2. The Morgan fingerprint density at radius 1 is 1.29 bits per heavy atom. The van der Waals surface area contributed by atoms with Crippen LogP contribution >= 0.6 is 0 Å². The molecule has 1 N–H and O–H groups in total. The lowest BCUT2D eigenvalue weighted by Gasteiger charge is -2.08. The summed E-state index contributed by atoms with van der Waals surface area (Å²) in [5, 5.41) is 2.85. The number of ether oxygens (including phenoxy) is 1. The summed E-state index contributed by atoms with van der Waals surface area (Å²) in [6.07, 6.45) is 3.43. The number of carbonyl (C=O) groups excluding carboxylic acids is 1. The van der Waals surface area contributed by atoms with Gasteiger partial charge >= 0.3 is 0 Å². The Hall–Kier alpha value is -2.62. The zero-order chi connectivity index (χ0) is 15.1. The molecule has 0 atom stereocenters. The topological polar surface area (TPSA) is 51.2 Å². The fraction of sp³-hybridized carbons (Fsp3) is 0.176. The fourth-order valence-electron chi connectivity index (χ4n) is 1.70. The number of rotatable bonds is 6. The molecule has 2 rings (SSSR count). The maximum Gasteiger partial charge on any atom is 0.251 e. The molecule has 0 saturated heterocycles. The summed E-state index contributed by atoms with van der Waals surface area (Å²) in [7, 11) is 0. The van der Waals surface area contributed by atoms with Gasteiger partial charge in [-0.2, -0.15) is 0 Å². The highest BCUT2D eigenvalue weighted by Crippen LogP contribution is 2.13. The Morgan fingerprint density at radius 2 is 2.05 bits per heavy atom. The predicted molar refractivity (Wildman–Crippen MR) is 82.2 cm³/mol. The van der Waals surface area contributed by atoms with Crippen LogP contribution in [0.5, 0.6) is 5.75 Å². The largest absolute Gasteiger partial charge is 0.489 e. The number of pyridine rings is 1. The maximum atomic E-state index is 12.0. The zero-order valence-electron chi connectivity index (χ0n) is 12.0. The summed E-state index contributed by atoms with van der Waals surface area (Å²) in [5.41, 5.74) is 2.52. The number of nitrogens with one attached hydrogen (secondary N) is 1. The molecule has 0 fully saturated rings. The van der Waals surface area contributed by atoms with Gasteiger partial charge in [-0.25, -0.2) is 0 Å². The van der Waals surface area contributed by atoms with Crippen molar-refractivity contribution in [1.29, 1.82) is 0 Å². The van der Waals surface area contributed by atoms with Gasteiger partial charge in [-0.05, 0) is 48.4 Å². The van der Waals surface area contributed by atoms with Crippen LogP contribution in [0.2, 0.25) is 0 Å². The second-order valence-electron chi connectivity index (χ2n) is 4.81. The third-order valence-corrected chi connectivity index (χ3v) is 2.78. The minimum atomic E-state index is -0.120. The lowest BCUT2D eigenvalue weighted by molar-refractivity contribution is 0.0951. The lowest BCUT2D eigenvalue weighted by atomic mass is 10.2. The molecule has 1 aromatic carbocycles. The van der Waals surface area contributed by atoms with Gasteiger partial charge in [0.25, 0.3) is 5.91 Å². The van der Waals surface area contributed by atoms with Crippen molar-refractivity contribution in [3.05, 3.63) is 72.1 Å². The minimum Gasteiger partial charge on any atom is -0.489 e. The smallest absolute Gasteiger partial charge is 0.251 e. The van der Waals surface area contributed by atoms with E-state index in [4.69, 9.17) is 4.74 Å². The van der Waals surface area contributed by atoms with Crippen LogP contribution in [0.1, 0.15) is 22.8 Å². The van der Waals surface area contributed by atoms with Crippen molar-refractivity contribution >= 4 is 5.91 Å². The molecule has 0 saturated carbocycles. The van der Waals surface area contributed by atoms with Crippen LogP contribution in [-0.2, 0) is 6.54 Å². The van der Waals surface area contributed by atoms with Crippen LogP contribution in [0, 0.1) is 0 Å². The van der Waals surface area contributed by atoms with Crippen LogP contribution in [0.15, 0.2) is 60.9 Å². The highest BCUT2D eigenvalue weighted by molar-refractivity contribution is 5.94. The number of benzene rings is 1. The van der Waals surface area contributed by atoms with Gasteiger partial charge in [0.1, 0.15) is 12.4 Å². The number of amides is 1. The predicted octanol–water partition coefficient (Wildman–Crippen LogP) is 2.97. The molecule has 0 aliphatic rings. The van der Waals surface area contributed by atoms with Crippen LogP contribution in [-0.4, -0.2) is 17.5 Å². The van der Waals surface area contributed by atoms with Gasteiger partial charge < -0.3 is 10.1 Å². The van der Waals surface area contributed by atoms with Gasteiger partial charge in [-0.1, -0.05) is 12.6 Å². The summed E-state index contributed by atoms with van der Waals surface area (Å²) in [5.74, 6) is 0.604. The van der Waals surface area contributed by atoms with E-state index in [2.05, 4.69) is 16.9 Å². The van der Waals surface area contributed by atoms with Crippen LogP contribution < -0.4 is 10.1 Å².